The van der Waals surface area contributed by atoms with Gasteiger partial charge >= 0.3 is 6.03 Å². The number of halogens is 1. The van der Waals surface area contributed by atoms with E-state index in [2.05, 4.69) is 16.0 Å². The molecule has 0 radical (unpaired) electrons. The van der Waals surface area contributed by atoms with Crippen molar-refractivity contribution in [1.82, 2.24) is 5.32 Å². The van der Waals surface area contributed by atoms with E-state index >= 15 is 0 Å². The van der Waals surface area contributed by atoms with Crippen molar-refractivity contribution in [3.8, 4) is 0 Å². The largest absolute Gasteiger partial charge is 0.374 e. The van der Waals surface area contributed by atoms with Crippen LogP contribution in [0.5, 0.6) is 0 Å². The molecule has 3 amide bonds. The van der Waals surface area contributed by atoms with Crippen molar-refractivity contribution in [3.63, 3.8) is 0 Å². The molecule has 1 atom stereocenters. The molecular weight excluding hydrogens is 309 g/mol. The lowest BCUT2D eigenvalue weighted by atomic mass is 10.1. The second kappa shape index (κ2) is 7.59. The first-order valence-electron chi connectivity index (χ1n) is 7.56. The van der Waals surface area contributed by atoms with Crippen molar-refractivity contribution < 1.29 is 14.0 Å². The van der Waals surface area contributed by atoms with Crippen molar-refractivity contribution >= 4 is 23.3 Å². The van der Waals surface area contributed by atoms with E-state index in [1.165, 1.54) is 24.3 Å². The fraction of sp³-hybridized carbons (Fsp3) is 0.222. The summed E-state index contributed by atoms with van der Waals surface area (Å²) in [6.45, 7) is 5.45. The van der Waals surface area contributed by atoms with Crippen LogP contribution >= 0.6 is 0 Å². The van der Waals surface area contributed by atoms with Crippen LogP contribution in [0.15, 0.2) is 42.5 Å². The van der Waals surface area contributed by atoms with Crippen molar-refractivity contribution in [1.29, 1.82) is 0 Å². The molecule has 24 heavy (non-hydrogen) atoms. The number of aryl methyl sites for hydroxylation is 2. The Morgan fingerprint density at radius 3 is 2.33 bits per heavy atom. The van der Waals surface area contributed by atoms with Crippen LogP contribution in [0, 0.1) is 19.7 Å². The van der Waals surface area contributed by atoms with Gasteiger partial charge in [0.2, 0.25) is 5.91 Å². The van der Waals surface area contributed by atoms with Crippen molar-refractivity contribution in [2.75, 3.05) is 10.6 Å². The van der Waals surface area contributed by atoms with Crippen LogP contribution in [-0.2, 0) is 4.79 Å². The van der Waals surface area contributed by atoms with Gasteiger partial charge in [-0.3, -0.25) is 10.1 Å². The number of hydrogen-bond acceptors (Lipinski definition) is 3. The molecule has 0 aliphatic carbocycles. The molecule has 0 saturated carbocycles. The van der Waals surface area contributed by atoms with E-state index < -0.39 is 18.0 Å². The maximum atomic E-state index is 12.9. The Labute approximate surface area is 140 Å². The summed E-state index contributed by atoms with van der Waals surface area (Å²) >= 11 is 0. The zero-order valence-corrected chi connectivity index (χ0v) is 13.8. The maximum absolute atomic E-state index is 12.9. The van der Waals surface area contributed by atoms with E-state index in [9.17, 15) is 14.0 Å². The van der Waals surface area contributed by atoms with Crippen molar-refractivity contribution in [2.24, 2.45) is 0 Å². The van der Waals surface area contributed by atoms with Crippen molar-refractivity contribution in [2.45, 2.75) is 26.8 Å². The molecule has 1 unspecified atom stereocenters. The van der Waals surface area contributed by atoms with Gasteiger partial charge in [0.15, 0.2) is 0 Å². The highest BCUT2D eigenvalue weighted by molar-refractivity contribution is 6.03. The fourth-order valence-electron chi connectivity index (χ4n) is 2.19. The Morgan fingerprint density at radius 2 is 1.71 bits per heavy atom. The molecule has 0 bridgehead atoms. The lowest BCUT2D eigenvalue weighted by Gasteiger charge is -2.15. The first-order valence-corrected chi connectivity index (χ1v) is 7.56. The summed E-state index contributed by atoms with van der Waals surface area (Å²) in [6.07, 6.45) is 0. The average molecular weight is 329 g/mol. The fourth-order valence-corrected chi connectivity index (χ4v) is 2.19. The van der Waals surface area contributed by atoms with E-state index in [1.807, 2.05) is 26.0 Å². The smallest absolute Gasteiger partial charge is 0.325 e. The van der Waals surface area contributed by atoms with Crippen molar-refractivity contribution in [3.05, 3.63) is 59.4 Å². The van der Waals surface area contributed by atoms with Gasteiger partial charge in [0, 0.05) is 11.4 Å². The Kier molecular flexibility index (Phi) is 5.52. The summed E-state index contributed by atoms with van der Waals surface area (Å²) in [6, 6.07) is 9.98. The van der Waals surface area contributed by atoms with Crippen LogP contribution < -0.4 is 16.0 Å². The lowest BCUT2D eigenvalue weighted by molar-refractivity contribution is -0.120. The third-order valence-electron chi connectivity index (χ3n) is 3.49. The van der Waals surface area contributed by atoms with Crippen LogP contribution in [-0.4, -0.2) is 18.0 Å². The average Bonchev–Trinajstić information content (AvgIpc) is 2.52. The van der Waals surface area contributed by atoms with Gasteiger partial charge in [-0.1, -0.05) is 17.7 Å². The number of hydrogen-bond donors (Lipinski definition) is 3. The molecule has 6 heteroatoms. The summed E-state index contributed by atoms with van der Waals surface area (Å²) in [5.41, 5.74) is 3.24. The normalized spacial score (nSPS) is 11.5. The first-order chi connectivity index (χ1) is 11.3. The molecule has 0 heterocycles. The first kappa shape index (κ1) is 17.5. The molecular formula is C18H20FN3O2. The summed E-state index contributed by atoms with van der Waals surface area (Å²) < 4.78 is 12.9. The Bertz CT molecular complexity index is 744. The highest BCUT2D eigenvalue weighted by atomic mass is 19.1. The maximum Gasteiger partial charge on any atom is 0.325 e. The van der Waals surface area contributed by atoms with E-state index in [0.29, 0.717) is 11.4 Å². The molecule has 0 aliphatic rings. The number of carbonyl (C=O) groups is 2. The molecule has 2 rings (SSSR count). The Balaban J connectivity index is 1.90. The minimum absolute atomic E-state index is 0.356. The van der Waals surface area contributed by atoms with E-state index in [0.717, 1.165) is 11.1 Å². The molecule has 0 saturated heterocycles. The SMILES string of the molecule is Cc1ccc(NC(=O)NC(=O)C(C)Nc2ccc(F)cc2)c(C)c1. The highest BCUT2D eigenvalue weighted by Gasteiger charge is 2.16. The van der Waals surface area contributed by atoms with Crippen LogP contribution in [0.2, 0.25) is 0 Å². The number of amides is 3. The summed E-state index contributed by atoms with van der Waals surface area (Å²) in [5.74, 6) is -0.841. The molecule has 2 aromatic rings. The predicted octanol–water partition coefficient (Wildman–Crippen LogP) is 3.59. The Morgan fingerprint density at radius 1 is 1.04 bits per heavy atom. The summed E-state index contributed by atoms with van der Waals surface area (Å²) in [4.78, 5) is 24.0. The lowest BCUT2D eigenvalue weighted by Crippen LogP contribution is -2.43. The van der Waals surface area contributed by atoms with Gasteiger partial charge in [0.1, 0.15) is 11.9 Å². The topological polar surface area (TPSA) is 70.2 Å². The van der Waals surface area contributed by atoms with Crippen LogP contribution in [0.4, 0.5) is 20.6 Å². The van der Waals surface area contributed by atoms with Gasteiger partial charge in [-0.2, -0.15) is 0 Å². The van der Waals surface area contributed by atoms with E-state index in [1.54, 1.807) is 13.0 Å². The molecule has 2 aromatic carbocycles. The number of anilines is 2. The third-order valence-corrected chi connectivity index (χ3v) is 3.49. The number of carbonyl (C=O) groups excluding carboxylic acids is 2. The minimum atomic E-state index is -0.652. The van der Waals surface area contributed by atoms with Gasteiger partial charge in [-0.25, -0.2) is 9.18 Å². The molecule has 126 valence electrons. The van der Waals surface area contributed by atoms with Gasteiger partial charge in [0.25, 0.3) is 0 Å². The molecule has 3 N–H and O–H groups in total. The van der Waals surface area contributed by atoms with E-state index in [4.69, 9.17) is 0 Å². The summed E-state index contributed by atoms with van der Waals surface area (Å²) in [5, 5.41) is 7.82. The summed E-state index contributed by atoms with van der Waals surface area (Å²) in [7, 11) is 0. The van der Waals surface area contributed by atoms with Crippen LogP contribution in [0.25, 0.3) is 0 Å². The highest BCUT2D eigenvalue weighted by Crippen LogP contribution is 2.15. The standard InChI is InChI=1S/C18H20FN3O2/c1-11-4-9-16(12(2)10-11)21-18(24)22-17(23)13(3)20-15-7-5-14(19)6-8-15/h4-10,13,20H,1-3H3,(H2,21,22,23,24). The van der Waals surface area contributed by atoms with Gasteiger partial charge in [0.05, 0.1) is 0 Å². The second-order valence-corrected chi connectivity index (χ2v) is 5.63. The quantitative estimate of drug-likeness (QED) is 0.803. The zero-order valence-electron chi connectivity index (χ0n) is 13.8. The van der Waals surface area contributed by atoms with Crippen LogP contribution in [0.3, 0.4) is 0 Å². The third kappa shape index (κ3) is 4.81. The molecule has 5 nitrogen and oxygen atoms in total. The van der Waals surface area contributed by atoms with Gasteiger partial charge < -0.3 is 10.6 Å². The Hall–Kier alpha value is -2.89. The molecule has 0 aromatic heterocycles. The minimum Gasteiger partial charge on any atom is -0.374 e. The predicted molar refractivity (Wildman–Crippen MR) is 92.6 cm³/mol. The van der Waals surface area contributed by atoms with E-state index in [-0.39, 0.29) is 5.82 Å². The second-order valence-electron chi connectivity index (χ2n) is 5.63. The zero-order chi connectivity index (χ0) is 17.7. The number of imide groups is 1. The van der Waals surface area contributed by atoms with Gasteiger partial charge in [-0.15, -0.1) is 0 Å². The molecule has 0 fully saturated rings. The number of nitrogens with one attached hydrogen (secondary N) is 3. The molecule has 0 aliphatic heterocycles. The van der Waals surface area contributed by atoms with Gasteiger partial charge in [-0.05, 0) is 56.7 Å². The molecule has 0 spiro atoms. The van der Waals surface area contributed by atoms with Crippen LogP contribution in [0.1, 0.15) is 18.1 Å². The monoisotopic (exact) mass is 329 g/mol. The number of benzene rings is 2. The number of rotatable bonds is 4. The number of urea groups is 1.